The van der Waals surface area contributed by atoms with Gasteiger partial charge in [-0.3, -0.25) is 0 Å². The maximum atomic E-state index is 5.19. The predicted octanol–water partition coefficient (Wildman–Crippen LogP) is 2.00. The first-order valence-corrected chi connectivity index (χ1v) is 7.99. The molecule has 120 valence electrons. The number of ether oxygens (including phenoxy) is 2. The van der Waals surface area contributed by atoms with Gasteiger partial charge in [0.1, 0.15) is 0 Å². The SMILES string of the molecule is COCCNCC1(CN(C)CCOC)CCCC(C)C1. The number of likely N-dealkylation sites (N-methyl/N-ethyl adjacent to an activating group) is 1. The van der Waals surface area contributed by atoms with Crippen molar-refractivity contribution in [2.75, 3.05) is 60.7 Å². The highest BCUT2D eigenvalue weighted by Gasteiger charge is 2.35. The summed E-state index contributed by atoms with van der Waals surface area (Å²) in [7, 11) is 5.76. The van der Waals surface area contributed by atoms with E-state index in [1.54, 1.807) is 14.2 Å². The van der Waals surface area contributed by atoms with E-state index in [0.717, 1.165) is 38.8 Å². The fourth-order valence-corrected chi connectivity index (χ4v) is 3.56. The molecule has 0 spiro atoms. The summed E-state index contributed by atoms with van der Waals surface area (Å²) in [5.74, 6) is 0.851. The van der Waals surface area contributed by atoms with Gasteiger partial charge in [-0.25, -0.2) is 0 Å². The number of nitrogens with zero attached hydrogens (tertiary/aromatic N) is 1. The van der Waals surface area contributed by atoms with Gasteiger partial charge in [0, 0.05) is 40.4 Å². The zero-order valence-electron chi connectivity index (χ0n) is 13.9. The Morgan fingerprint density at radius 3 is 2.65 bits per heavy atom. The summed E-state index contributed by atoms with van der Waals surface area (Å²) in [6, 6.07) is 0. The first-order chi connectivity index (χ1) is 9.62. The molecule has 0 bridgehead atoms. The van der Waals surface area contributed by atoms with Gasteiger partial charge in [-0.1, -0.05) is 19.8 Å². The molecule has 4 nitrogen and oxygen atoms in total. The van der Waals surface area contributed by atoms with Crippen LogP contribution in [0.15, 0.2) is 0 Å². The molecule has 0 aromatic heterocycles. The number of rotatable bonds is 10. The van der Waals surface area contributed by atoms with Gasteiger partial charge in [0.25, 0.3) is 0 Å². The summed E-state index contributed by atoms with van der Waals surface area (Å²) in [4.78, 5) is 2.43. The van der Waals surface area contributed by atoms with Crippen LogP contribution in [0.1, 0.15) is 32.6 Å². The molecule has 2 unspecified atom stereocenters. The highest BCUT2D eigenvalue weighted by atomic mass is 16.5. The molecule has 1 aliphatic rings. The summed E-state index contributed by atoms with van der Waals surface area (Å²) < 4.78 is 10.3. The molecule has 0 amide bonds. The zero-order chi connectivity index (χ0) is 14.8. The molecule has 0 aromatic rings. The van der Waals surface area contributed by atoms with Crippen LogP contribution < -0.4 is 5.32 Å². The molecule has 0 saturated heterocycles. The van der Waals surface area contributed by atoms with E-state index >= 15 is 0 Å². The summed E-state index contributed by atoms with van der Waals surface area (Å²) in [5.41, 5.74) is 0.425. The van der Waals surface area contributed by atoms with Crippen LogP contribution in [0.25, 0.3) is 0 Å². The van der Waals surface area contributed by atoms with Crippen molar-refractivity contribution < 1.29 is 9.47 Å². The quantitative estimate of drug-likeness (QED) is 0.623. The molecular formula is C16H34N2O2. The lowest BCUT2D eigenvalue weighted by Crippen LogP contribution is -2.46. The van der Waals surface area contributed by atoms with Gasteiger partial charge in [0.05, 0.1) is 13.2 Å². The Morgan fingerprint density at radius 2 is 2.00 bits per heavy atom. The fourth-order valence-electron chi connectivity index (χ4n) is 3.56. The summed E-state index contributed by atoms with van der Waals surface area (Å²) in [5, 5.41) is 3.60. The van der Waals surface area contributed by atoms with E-state index in [0.29, 0.717) is 5.41 Å². The van der Waals surface area contributed by atoms with Gasteiger partial charge in [-0.2, -0.15) is 0 Å². The molecule has 1 saturated carbocycles. The topological polar surface area (TPSA) is 33.7 Å². The third kappa shape index (κ3) is 6.53. The van der Waals surface area contributed by atoms with Gasteiger partial charge >= 0.3 is 0 Å². The second-order valence-corrected chi connectivity index (χ2v) is 6.60. The summed E-state index contributed by atoms with van der Waals surface area (Å²) in [6.07, 6.45) is 5.44. The van der Waals surface area contributed by atoms with Crippen molar-refractivity contribution in [3.8, 4) is 0 Å². The second-order valence-electron chi connectivity index (χ2n) is 6.60. The fraction of sp³-hybridized carbons (Fsp3) is 1.00. The van der Waals surface area contributed by atoms with Crippen molar-refractivity contribution in [2.45, 2.75) is 32.6 Å². The highest BCUT2D eigenvalue weighted by molar-refractivity contribution is 4.89. The minimum absolute atomic E-state index is 0.425. The largest absolute Gasteiger partial charge is 0.383 e. The second kappa shape index (κ2) is 9.72. The first kappa shape index (κ1) is 17.9. The molecule has 1 aliphatic carbocycles. The van der Waals surface area contributed by atoms with E-state index in [1.165, 1.54) is 32.2 Å². The lowest BCUT2D eigenvalue weighted by Gasteiger charge is -2.43. The van der Waals surface area contributed by atoms with E-state index in [1.807, 2.05) is 0 Å². The van der Waals surface area contributed by atoms with Crippen LogP contribution in [0.4, 0.5) is 0 Å². The molecule has 2 atom stereocenters. The van der Waals surface area contributed by atoms with Gasteiger partial charge in [0.2, 0.25) is 0 Å². The van der Waals surface area contributed by atoms with E-state index in [-0.39, 0.29) is 0 Å². The van der Waals surface area contributed by atoms with E-state index in [2.05, 4.69) is 24.2 Å². The first-order valence-electron chi connectivity index (χ1n) is 7.99. The molecule has 0 aromatic carbocycles. The summed E-state index contributed by atoms with van der Waals surface area (Å²) in [6.45, 7) is 8.26. The van der Waals surface area contributed by atoms with Crippen LogP contribution in [0.3, 0.4) is 0 Å². The third-order valence-corrected chi connectivity index (χ3v) is 4.45. The van der Waals surface area contributed by atoms with Crippen molar-refractivity contribution in [1.82, 2.24) is 10.2 Å². The van der Waals surface area contributed by atoms with Gasteiger partial charge < -0.3 is 19.7 Å². The standard InChI is InChI=1S/C16H34N2O2/c1-15-6-5-7-16(12-15,13-17-8-10-19-3)14-18(2)9-11-20-4/h15,17H,5-14H2,1-4H3. The molecule has 0 aliphatic heterocycles. The van der Waals surface area contributed by atoms with Crippen LogP contribution in [0.2, 0.25) is 0 Å². The van der Waals surface area contributed by atoms with Crippen LogP contribution in [-0.4, -0.2) is 65.6 Å². The number of hydrogen-bond donors (Lipinski definition) is 1. The lowest BCUT2D eigenvalue weighted by atomic mass is 9.69. The van der Waals surface area contributed by atoms with Gasteiger partial charge in [-0.15, -0.1) is 0 Å². The third-order valence-electron chi connectivity index (χ3n) is 4.45. The lowest BCUT2D eigenvalue weighted by molar-refractivity contribution is 0.0745. The average Bonchev–Trinajstić information content (AvgIpc) is 2.41. The van der Waals surface area contributed by atoms with Crippen molar-refractivity contribution in [3.05, 3.63) is 0 Å². The number of hydrogen-bond acceptors (Lipinski definition) is 4. The van der Waals surface area contributed by atoms with Crippen molar-refractivity contribution in [1.29, 1.82) is 0 Å². The molecule has 1 rings (SSSR count). The van der Waals surface area contributed by atoms with Crippen LogP contribution in [-0.2, 0) is 9.47 Å². The van der Waals surface area contributed by atoms with Crippen LogP contribution in [0.5, 0.6) is 0 Å². The highest BCUT2D eigenvalue weighted by Crippen LogP contribution is 2.39. The smallest absolute Gasteiger partial charge is 0.0589 e. The van der Waals surface area contributed by atoms with Crippen molar-refractivity contribution in [2.24, 2.45) is 11.3 Å². The number of nitrogens with one attached hydrogen (secondary N) is 1. The molecule has 4 heteroatoms. The molecular weight excluding hydrogens is 252 g/mol. The number of methoxy groups -OCH3 is 2. The minimum atomic E-state index is 0.425. The predicted molar refractivity (Wildman–Crippen MR) is 84.2 cm³/mol. The molecule has 1 N–H and O–H groups in total. The molecule has 20 heavy (non-hydrogen) atoms. The zero-order valence-corrected chi connectivity index (χ0v) is 13.9. The van der Waals surface area contributed by atoms with Crippen LogP contribution >= 0.6 is 0 Å². The van der Waals surface area contributed by atoms with Crippen LogP contribution in [0, 0.1) is 11.3 Å². The maximum Gasteiger partial charge on any atom is 0.0589 e. The Balaban J connectivity index is 2.49. The summed E-state index contributed by atoms with van der Waals surface area (Å²) >= 11 is 0. The Kier molecular flexibility index (Phi) is 8.69. The Labute approximate surface area is 125 Å². The van der Waals surface area contributed by atoms with Crippen molar-refractivity contribution >= 4 is 0 Å². The monoisotopic (exact) mass is 286 g/mol. The Bertz CT molecular complexity index is 251. The van der Waals surface area contributed by atoms with Gasteiger partial charge in [0.15, 0.2) is 0 Å². The Morgan fingerprint density at radius 1 is 1.25 bits per heavy atom. The molecule has 1 fully saturated rings. The minimum Gasteiger partial charge on any atom is -0.383 e. The Hall–Kier alpha value is -0.160. The van der Waals surface area contributed by atoms with E-state index in [9.17, 15) is 0 Å². The molecule has 0 heterocycles. The van der Waals surface area contributed by atoms with E-state index < -0.39 is 0 Å². The normalized spacial score (nSPS) is 27.1. The molecule has 0 radical (unpaired) electrons. The maximum absolute atomic E-state index is 5.19. The van der Waals surface area contributed by atoms with E-state index in [4.69, 9.17) is 9.47 Å². The average molecular weight is 286 g/mol. The van der Waals surface area contributed by atoms with Gasteiger partial charge in [-0.05, 0) is 31.2 Å². The van der Waals surface area contributed by atoms with Crippen molar-refractivity contribution in [3.63, 3.8) is 0 Å².